The van der Waals surface area contributed by atoms with E-state index in [9.17, 15) is 15.3 Å². The van der Waals surface area contributed by atoms with Crippen molar-refractivity contribution in [1.29, 1.82) is 0 Å². The van der Waals surface area contributed by atoms with E-state index in [1.807, 2.05) is 20.2 Å². The fourth-order valence-electron chi connectivity index (χ4n) is 3.07. The molecule has 1 aromatic carbocycles. The Kier molecular flexibility index (Phi) is 5.83. The Morgan fingerprint density at radius 1 is 1.30 bits per heavy atom. The van der Waals surface area contributed by atoms with Gasteiger partial charge in [0.2, 0.25) is 0 Å². The molecular weight excluding hydrogens is 278 g/mol. The van der Waals surface area contributed by atoms with Crippen LogP contribution in [-0.2, 0) is 5.60 Å². The number of phenolic OH excluding ortho intramolecular Hbond substituents is 1. The maximum absolute atomic E-state index is 11.0. The molecule has 3 atom stereocenters. The monoisotopic (exact) mass is 301 g/mol. The maximum atomic E-state index is 11.0. The van der Waals surface area contributed by atoms with E-state index in [0.29, 0.717) is 12.0 Å². The van der Waals surface area contributed by atoms with Crippen molar-refractivity contribution in [2.24, 2.45) is 5.92 Å². The molecule has 5 heteroatoms. The molecule has 0 unspecified atom stereocenters. The highest BCUT2D eigenvalue weighted by Gasteiger charge is 2.43. The zero-order valence-corrected chi connectivity index (χ0v) is 12.8. The standard InChI is InChI=1S/C15H23NO3.ClH/c1-16(2)10-12-6-7-14(18)9-15(12,19)11-4-3-5-13(17)8-11;/h3-5,8,12,14,17-19H,6-7,9-10H2,1-2H3;1H/t12-,14-,15+;/m1./s1. The molecule has 4 nitrogen and oxygen atoms in total. The molecular formula is C15H24ClNO3. The first kappa shape index (κ1) is 17.2. The number of halogens is 1. The Hall–Kier alpha value is -0.810. The summed E-state index contributed by atoms with van der Waals surface area (Å²) in [5, 5.41) is 30.5. The van der Waals surface area contributed by atoms with Crippen molar-refractivity contribution in [3.63, 3.8) is 0 Å². The van der Waals surface area contributed by atoms with Crippen LogP contribution in [0.3, 0.4) is 0 Å². The van der Waals surface area contributed by atoms with Crippen LogP contribution >= 0.6 is 12.4 Å². The van der Waals surface area contributed by atoms with Crippen molar-refractivity contribution in [2.45, 2.75) is 31.0 Å². The lowest BCUT2D eigenvalue weighted by atomic mass is 9.70. The van der Waals surface area contributed by atoms with Gasteiger partial charge in [-0.1, -0.05) is 12.1 Å². The van der Waals surface area contributed by atoms with Crippen molar-refractivity contribution >= 4 is 12.4 Å². The van der Waals surface area contributed by atoms with Crippen LogP contribution in [0.1, 0.15) is 24.8 Å². The summed E-state index contributed by atoms with van der Waals surface area (Å²) >= 11 is 0. The highest BCUT2D eigenvalue weighted by Crippen LogP contribution is 2.42. The van der Waals surface area contributed by atoms with Gasteiger partial charge in [0.05, 0.1) is 11.7 Å². The molecule has 2 rings (SSSR count). The molecule has 0 radical (unpaired) electrons. The lowest BCUT2D eigenvalue weighted by Crippen LogP contribution is -2.46. The Labute approximate surface area is 126 Å². The first-order valence-electron chi connectivity index (χ1n) is 6.76. The van der Waals surface area contributed by atoms with Gasteiger partial charge in [-0.05, 0) is 44.6 Å². The molecule has 1 fully saturated rings. The molecule has 1 aromatic rings. The van der Waals surface area contributed by atoms with E-state index in [2.05, 4.69) is 4.90 Å². The summed E-state index contributed by atoms with van der Waals surface area (Å²) in [6.45, 7) is 0.763. The number of hydrogen-bond acceptors (Lipinski definition) is 4. The number of phenols is 1. The molecule has 20 heavy (non-hydrogen) atoms. The predicted molar refractivity (Wildman–Crippen MR) is 81.2 cm³/mol. The van der Waals surface area contributed by atoms with Crippen LogP contribution in [-0.4, -0.2) is 47.0 Å². The first-order valence-corrected chi connectivity index (χ1v) is 6.76. The van der Waals surface area contributed by atoms with Crippen LogP contribution in [0.4, 0.5) is 0 Å². The Morgan fingerprint density at radius 2 is 2.00 bits per heavy atom. The molecule has 0 aliphatic heterocycles. The van der Waals surface area contributed by atoms with Crippen LogP contribution in [0.2, 0.25) is 0 Å². The number of aromatic hydroxyl groups is 1. The first-order chi connectivity index (χ1) is 8.91. The zero-order valence-electron chi connectivity index (χ0n) is 12.0. The van der Waals surface area contributed by atoms with E-state index in [1.54, 1.807) is 18.2 Å². The van der Waals surface area contributed by atoms with Gasteiger partial charge >= 0.3 is 0 Å². The third-order valence-electron chi connectivity index (χ3n) is 4.00. The van der Waals surface area contributed by atoms with Crippen molar-refractivity contribution < 1.29 is 15.3 Å². The number of hydrogen-bond donors (Lipinski definition) is 3. The highest BCUT2D eigenvalue weighted by atomic mass is 35.5. The summed E-state index contributed by atoms with van der Waals surface area (Å²) in [6, 6.07) is 6.74. The minimum atomic E-state index is -1.07. The molecule has 1 saturated carbocycles. The van der Waals surface area contributed by atoms with E-state index >= 15 is 0 Å². The van der Waals surface area contributed by atoms with E-state index < -0.39 is 11.7 Å². The SMILES string of the molecule is CN(C)C[C@H]1CC[C@@H](O)C[C@]1(O)c1cccc(O)c1.Cl. The summed E-state index contributed by atoms with van der Waals surface area (Å²) in [7, 11) is 3.96. The molecule has 0 bridgehead atoms. The Balaban J connectivity index is 0.00000200. The largest absolute Gasteiger partial charge is 0.508 e. The number of aliphatic hydroxyl groups excluding tert-OH is 1. The highest BCUT2D eigenvalue weighted by molar-refractivity contribution is 5.85. The topological polar surface area (TPSA) is 63.9 Å². The van der Waals surface area contributed by atoms with Crippen molar-refractivity contribution in [3.8, 4) is 5.75 Å². The van der Waals surface area contributed by atoms with Crippen LogP contribution in [0, 0.1) is 5.92 Å². The summed E-state index contributed by atoms with van der Waals surface area (Å²) in [5.74, 6) is 0.210. The summed E-state index contributed by atoms with van der Waals surface area (Å²) in [6.07, 6.45) is 1.35. The van der Waals surface area contributed by atoms with E-state index in [0.717, 1.165) is 19.4 Å². The number of aliphatic hydroxyl groups is 2. The van der Waals surface area contributed by atoms with Crippen molar-refractivity contribution in [3.05, 3.63) is 29.8 Å². The van der Waals surface area contributed by atoms with Gasteiger partial charge in [-0.3, -0.25) is 0 Å². The second kappa shape index (κ2) is 6.76. The minimum absolute atomic E-state index is 0. The van der Waals surface area contributed by atoms with E-state index in [-0.39, 0.29) is 24.1 Å². The van der Waals surface area contributed by atoms with Crippen molar-refractivity contribution in [1.82, 2.24) is 4.90 Å². The molecule has 0 amide bonds. The summed E-state index contributed by atoms with van der Waals surface area (Å²) < 4.78 is 0. The average Bonchev–Trinajstić information content (AvgIpc) is 2.32. The number of benzene rings is 1. The normalized spacial score (nSPS) is 30.1. The average molecular weight is 302 g/mol. The van der Waals surface area contributed by atoms with Gasteiger partial charge in [-0.15, -0.1) is 12.4 Å². The number of rotatable bonds is 3. The van der Waals surface area contributed by atoms with Crippen LogP contribution in [0.5, 0.6) is 5.75 Å². The molecule has 1 aliphatic carbocycles. The fourth-order valence-corrected chi connectivity index (χ4v) is 3.07. The molecule has 1 aliphatic rings. The molecule has 0 heterocycles. The quantitative estimate of drug-likeness (QED) is 0.795. The second-order valence-corrected chi connectivity index (χ2v) is 5.87. The van der Waals surface area contributed by atoms with Crippen molar-refractivity contribution in [2.75, 3.05) is 20.6 Å². The molecule has 0 saturated heterocycles. The van der Waals surface area contributed by atoms with Gasteiger partial charge in [0.25, 0.3) is 0 Å². The summed E-state index contributed by atoms with van der Waals surface area (Å²) in [5.41, 5.74) is -0.376. The molecule has 0 aromatic heterocycles. The van der Waals surface area contributed by atoms with Gasteiger partial charge in [-0.25, -0.2) is 0 Å². The third-order valence-corrected chi connectivity index (χ3v) is 4.00. The van der Waals surface area contributed by atoms with E-state index in [1.165, 1.54) is 0 Å². The number of nitrogens with zero attached hydrogens (tertiary/aromatic N) is 1. The Bertz CT molecular complexity index is 441. The third kappa shape index (κ3) is 3.64. The Morgan fingerprint density at radius 3 is 2.60 bits per heavy atom. The maximum Gasteiger partial charge on any atom is 0.115 e. The lowest BCUT2D eigenvalue weighted by Gasteiger charge is -2.43. The van der Waals surface area contributed by atoms with Gasteiger partial charge in [0, 0.05) is 18.9 Å². The summed E-state index contributed by atoms with van der Waals surface area (Å²) in [4.78, 5) is 2.05. The lowest BCUT2D eigenvalue weighted by molar-refractivity contribution is -0.0992. The van der Waals surface area contributed by atoms with Crippen LogP contribution in [0.15, 0.2) is 24.3 Å². The molecule has 114 valence electrons. The fraction of sp³-hybridized carbons (Fsp3) is 0.600. The smallest absolute Gasteiger partial charge is 0.115 e. The minimum Gasteiger partial charge on any atom is -0.508 e. The van der Waals surface area contributed by atoms with Gasteiger partial charge in [0.15, 0.2) is 0 Å². The van der Waals surface area contributed by atoms with E-state index in [4.69, 9.17) is 0 Å². The molecule has 0 spiro atoms. The van der Waals surface area contributed by atoms with Crippen LogP contribution in [0.25, 0.3) is 0 Å². The van der Waals surface area contributed by atoms with Gasteiger partial charge < -0.3 is 20.2 Å². The zero-order chi connectivity index (χ0) is 14.0. The van der Waals surface area contributed by atoms with Crippen LogP contribution < -0.4 is 0 Å². The molecule has 3 N–H and O–H groups in total. The second-order valence-electron chi connectivity index (χ2n) is 5.87. The predicted octanol–water partition coefficient (Wildman–Crippen LogP) is 1.72. The van der Waals surface area contributed by atoms with Gasteiger partial charge in [-0.2, -0.15) is 0 Å². The van der Waals surface area contributed by atoms with Gasteiger partial charge in [0.1, 0.15) is 5.75 Å².